The molecular formula is C14H12N2O3S. The number of fused-ring (bicyclic) bond motifs is 1. The normalized spacial score (nSPS) is 10.8. The molecule has 20 heavy (non-hydrogen) atoms. The van der Waals surface area contributed by atoms with Crippen LogP contribution >= 0.6 is 11.3 Å². The van der Waals surface area contributed by atoms with Crippen LogP contribution in [0.5, 0.6) is 5.75 Å². The number of thiazole rings is 1. The van der Waals surface area contributed by atoms with Crippen LogP contribution in [0.3, 0.4) is 0 Å². The van der Waals surface area contributed by atoms with Crippen molar-refractivity contribution in [3.05, 3.63) is 41.5 Å². The number of ether oxygens (including phenoxy) is 1. The first-order chi connectivity index (χ1) is 9.69. The summed E-state index contributed by atoms with van der Waals surface area (Å²) < 4.78 is 7.31. The maximum absolute atomic E-state index is 10.9. The van der Waals surface area contributed by atoms with E-state index in [9.17, 15) is 4.79 Å². The second-order valence-corrected chi connectivity index (χ2v) is 5.15. The van der Waals surface area contributed by atoms with Crippen molar-refractivity contribution >= 4 is 22.3 Å². The van der Waals surface area contributed by atoms with Crippen LogP contribution in [0.2, 0.25) is 0 Å². The molecule has 0 saturated carbocycles. The molecule has 0 fully saturated rings. The van der Waals surface area contributed by atoms with Gasteiger partial charge >= 0.3 is 5.97 Å². The zero-order valence-corrected chi connectivity index (χ0v) is 11.6. The van der Waals surface area contributed by atoms with Gasteiger partial charge in [-0.1, -0.05) is 23.5 Å². The van der Waals surface area contributed by atoms with Crippen molar-refractivity contribution in [2.75, 3.05) is 6.61 Å². The molecule has 102 valence electrons. The van der Waals surface area contributed by atoms with Gasteiger partial charge in [0.05, 0.1) is 12.3 Å². The van der Waals surface area contributed by atoms with E-state index in [1.54, 1.807) is 10.6 Å². The summed E-state index contributed by atoms with van der Waals surface area (Å²) >= 11 is 1.15. The molecule has 0 amide bonds. The monoisotopic (exact) mass is 288 g/mol. The summed E-state index contributed by atoms with van der Waals surface area (Å²) in [6, 6.07) is 7.67. The van der Waals surface area contributed by atoms with Gasteiger partial charge in [0.1, 0.15) is 10.6 Å². The van der Waals surface area contributed by atoms with Crippen molar-refractivity contribution in [2.24, 2.45) is 0 Å². The van der Waals surface area contributed by atoms with E-state index < -0.39 is 5.97 Å². The predicted molar refractivity (Wildman–Crippen MR) is 76.6 cm³/mol. The van der Waals surface area contributed by atoms with Crippen molar-refractivity contribution < 1.29 is 14.6 Å². The number of rotatable bonds is 4. The Morgan fingerprint density at radius 1 is 1.40 bits per heavy atom. The zero-order valence-electron chi connectivity index (χ0n) is 10.7. The van der Waals surface area contributed by atoms with Gasteiger partial charge in [0.2, 0.25) is 0 Å². The lowest BCUT2D eigenvalue weighted by molar-refractivity contribution is 0.0702. The Kier molecular flexibility index (Phi) is 3.15. The zero-order chi connectivity index (χ0) is 14.1. The van der Waals surface area contributed by atoms with Crippen molar-refractivity contribution in [1.82, 2.24) is 9.38 Å². The number of carbonyl (C=O) groups is 1. The highest BCUT2D eigenvalue weighted by Crippen LogP contribution is 2.30. The van der Waals surface area contributed by atoms with Gasteiger partial charge in [-0.15, -0.1) is 0 Å². The SMILES string of the molecule is CCOc1ccccc1-c1cn2cc(C(=O)O)sc2n1. The molecule has 2 heterocycles. The fourth-order valence-corrected chi connectivity index (χ4v) is 2.79. The van der Waals surface area contributed by atoms with Gasteiger partial charge in [-0.2, -0.15) is 0 Å². The number of para-hydroxylation sites is 1. The Bertz CT molecular complexity index is 744. The van der Waals surface area contributed by atoms with Crippen LogP contribution < -0.4 is 4.74 Å². The largest absolute Gasteiger partial charge is 0.493 e. The summed E-state index contributed by atoms with van der Waals surface area (Å²) in [6.45, 7) is 2.52. The fourth-order valence-electron chi connectivity index (χ4n) is 1.98. The van der Waals surface area contributed by atoms with Gasteiger partial charge in [0.15, 0.2) is 4.96 Å². The Morgan fingerprint density at radius 2 is 2.20 bits per heavy atom. The van der Waals surface area contributed by atoms with Crippen molar-refractivity contribution in [1.29, 1.82) is 0 Å². The number of benzene rings is 1. The van der Waals surface area contributed by atoms with Gasteiger partial charge in [-0.25, -0.2) is 9.78 Å². The number of carboxylic acids is 1. The molecule has 0 radical (unpaired) electrons. The molecule has 2 aromatic heterocycles. The Labute approximate surface area is 119 Å². The van der Waals surface area contributed by atoms with Crippen LogP contribution in [-0.4, -0.2) is 27.1 Å². The number of imidazole rings is 1. The minimum Gasteiger partial charge on any atom is -0.493 e. The standard InChI is InChI=1S/C14H12N2O3S/c1-2-19-11-6-4-3-5-9(11)10-7-16-8-12(13(17)18)20-14(16)15-10/h3-8H,2H2,1H3,(H,17,18). The minimum absolute atomic E-state index is 0.275. The molecule has 5 nitrogen and oxygen atoms in total. The molecule has 0 spiro atoms. The molecule has 0 aliphatic carbocycles. The van der Waals surface area contributed by atoms with Gasteiger partial charge in [-0.05, 0) is 19.1 Å². The van der Waals surface area contributed by atoms with E-state index in [1.807, 2.05) is 37.4 Å². The third-order valence-corrected chi connectivity index (χ3v) is 3.81. The van der Waals surface area contributed by atoms with Crippen molar-refractivity contribution in [2.45, 2.75) is 6.92 Å². The van der Waals surface area contributed by atoms with E-state index in [0.717, 1.165) is 28.3 Å². The van der Waals surface area contributed by atoms with E-state index in [0.29, 0.717) is 11.6 Å². The highest BCUT2D eigenvalue weighted by atomic mass is 32.1. The first kappa shape index (κ1) is 12.7. The smallest absolute Gasteiger partial charge is 0.347 e. The first-order valence-electron chi connectivity index (χ1n) is 6.13. The fraction of sp³-hybridized carbons (Fsp3) is 0.143. The molecule has 0 bridgehead atoms. The summed E-state index contributed by atoms with van der Waals surface area (Å²) in [5.74, 6) is -0.157. The second kappa shape index (κ2) is 4.97. The van der Waals surface area contributed by atoms with E-state index in [2.05, 4.69) is 4.98 Å². The number of hydrogen-bond acceptors (Lipinski definition) is 4. The summed E-state index contributed by atoms with van der Waals surface area (Å²) in [6.07, 6.45) is 3.39. The van der Waals surface area contributed by atoms with Gasteiger partial charge in [0, 0.05) is 18.0 Å². The molecule has 0 aliphatic heterocycles. The van der Waals surface area contributed by atoms with Gasteiger partial charge in [-0.3, -0.25) is 4.40 Å². The van der Waals surface area contributed by atoms with Crippen molar-refractivity contribution in [3.8, 4) is 17.0 Å². The molecule has 1 N–H and O–H groups in total. The molecular weight excluding hydrogens is 276 g/mol. The number of aromatic nitrogens is 2. The molecule has 0 atom stereocenters. The first-order valence-corrected chi connectivity index (χ1v) is 6.94. The van der Waals surface area contributed by atoms with Crippen LogP contribution in [-0.2, 0) is 0 Å². The minimum atomic E-state index is -0.934. The average molecular weight is 288 g/mol. The number of nitrogens with zero attached hydrogens (tertiary/aromatic N) is 2. The third kappa shape index (κ3) is 2.14. The predicted octanol–water partition coefficient (Wildman–Crippen LogP) is 3.16. The van der Waals surface area contributed by atoms with E-state index >= 15 is 0 Å². The van der Waals surface area contributed by atoms with Gasteiger partial charge in [0.25, 0.3) is 0 Å². The molecule has 0 unspecified atom stereocenters. The number of aromatic carboxylic acids is 1. The number of hydrogen-bond donors (Lipinski definition) is 1. The average Bonchev–Trinajstić information content (AvgIpc) is 2.97. The lowest BCUT2D eigenvalue weighted by Gasteiger charge is -2.07. The molecule has 1 aromatic carbocycles. The van der Waals surface area contributed by atoms with Crippen LogP contribution in [0.25, 0.3) is 16.2 Å². The summed E-state index contributed by atoms with van der Waals surface area (Å²) in [4.78, 5) is 16.3. The molecule has 0 saturated heterocycles. The molecule has 3 rings (SSSR count). The Balaban J connectivity index is 2.06. The van der Waals surface area contributed by atoms with E-state index in [4.69, 9.17) is 9.84 Å². The quantitative estimate of drug-likeness (QED) is 0.801. The molecule has 6 heteroatoms. The van der Waals surface area contributed by atoms with E-state index in [1.165, 1.54) is 0 Å². The van der Waals surface area contributed by atoms with Crippen molar-refractivity contribution in [3.63, 3.8) is 0 Å². The molecule has 3 aromatic rings. The third-order valence-electron chi connectivity index (χ3n) is 2.83. The van der Waals surface area contributed by atoms with Crippen LogP contribution in [0.15, 0.2) is 36.7 Å². The topological polar surface area (TPSA) is 63.8 Å². The van der Waals surface area contributed by atoms with Crippen LogP contribution in [0.1, 0.15) is 16.6 Å². The number of carboxylic acid groups (broad SMARTS) is 1. The van der Waals surface area contributed by atoms with E-state index in [-0.39, 0.29) is 4.88 Å². The maximum atomic E-state index is 10.9. The lowest BCUT2D eigenvalue weighted by Crippen LogP contribution is -1.94. The Morgan fingerprint density at radius 3 is 2.90 bits per heavy atom. The lowest BCUT2D eigenvalue weighted by atomic mass is 10.1. The maximum Gasteiger partial charge on any atom is 0.347 e. The van der Waals surface area contributed by atoms with Crippen LogP contribution in [0, 0.1) is 0 Å². The molecule has 0 aliphatic rings. The highest BCUT2D eigenvalue weighted by molar-refractivity contribution is 7.18. The Hall–Kier alpha value is -2.34. The summed E-state index contributed by atoms with van der Waals surface area (Å²) in [5.41, 5.74) is 1.68. The second-order valence-electron chi connectivity index (χ2n) is 4.15. The highest BCUT2D eigenvalue weighted by Gasteiger charge is 2.14. The summed E-state index contributed by atoms with van der Waals surface area (Å²) in [5, 5.41) is 8.95. The summed E-state index contributed by atoms with van der Waals surface area (Å²) in [7, 11) is 0. The van der Waals surface area contributed by atoms with Crippen LogP contribution in [0.4, 0.5) is 0 Å². The van der Waals surface area contributed by atoms with Gasteiger partial charge < -0.3 is 9.84 Å².